The second-order valence-corrected chi connectivity index (χ2v) is 7.20. The highest BCUT2D eigenvalue weighted by Crippen LogP contribution is 2.42. The monoisotopic (exact) mass is 384 g/mol. The number of ether oxygens (including phenoxy) is 1. The number of rotatable bonds is 4. The molecule has 3 N–H and O–H groups in total. The first kappa shape index (κ1) is 18.2. The van der Waals surface area contributed by atoms with Crippen LogP contribution in [-0.2, 0) is 9.53 Å². The Labute approximate surface area is 160 Å². The van der Waals surface area contributed by atoms with Crippen LogP contribution in [-0.4, -0.2) is 63.9 Å². The van der Waals surface area contributed by atoms with Crippen LogP contribution in [0, 0.1) is 11.3 Å². The summed E-state index contributed by atoms with van der Waals surface area (Å²) >= 11 is 0. The topological polar surface area (TPSA) is 128 Å². The number of benzene rings is 1. The molecule has 2 amide bonds. The fourth-order valence-corrected chi connectivity index (χ4v) is 4.04. The fourth-order valence-electron chi connectivity index (χ4n) is 4.04. The van der Waals surface area contributed by atoms with Gasteiger partial charge in [0.15, 0.2) is 5.69 Å². The minimum absolute atomic E-state index is 0.0535. The van der Waals surface area contributed by atoms with Gasteiger partial charge in [-0.05, 0) is 18.6 Å². The summed E-state index contributed by atoms with van der Waals surface area (Å²) in [6.45, 7) is 1.04. The van der Waals surface area contributed by atoms with Crippen molar-refractivity contribution in [3.63, 3.8) is 0 Å². The van der Waals surface area contributed by atoms with Crippen molar-refractivity contribution in [3.8, 4) is 5.69 Å². The molecule has 2 aromatic rings. The van der Waals surface area contributed by atoms with Gasteiger partial charge in [0.2, 0.25) is 0 Å². The lowest BCUT2D eigenvalue weighted by molar-refractivity contribution is -0.157. The van der Waals surface area contributed by atoms with Crippen molar-refractivity contribution in [2.75, 3.05) is 26.3 Å². The maximum Gasteiger partial charge on any atom is 0.311 e. The van der Waals surface area contributed by atoms with Gasteiger partial charge in [-0.15, -0.1) is 0 Å². The number of carbonyl (C=O) groups is 3. The van der Waals surface area contributed by atoms with Crippen LogP contribution >= 0.6 is 0 Å². The third kappa shape index (κ3) is 2.84. The minimum atomic E-state index is -0.998. The fraction of sp³-hybridized carbons (Fsp3) is 0.368. The molecule has 0 radical (unpaired) electrons. The Hall–Kier alpha value is -3.20. The Morgan fingerprint density at radius 3 is 2.64 bits per heavy atom. The van der Waals surface area contributed by atoms with Gasteiger partial charge in [0.05, 0.1) is 17.7 Å². The largest absolute Gasteiger partial charge is 0.481 e. The zero-order valence-corrected chi connectivity index (χ0v) is 15.1. The highest BCUT2D eigenvalue weighted by Gasteiger charge is 2.55. The van der Waals surface area contributed by atoms with Crippen LogP contribution in [0.4, 0.5) is 0 Å². The van der Waals surface area contributed by atoms with Crippen LogP contribution in [0.2, 0.25) is 0 Å². The summed E-state index contributed by atoms with van der Waals surface area (Å²) in [5, 5.41) is 14.0. The average molecular weight is 384 g/mol. The van der Waals surface area contributed by atoms with E-state index < -0.39 is 23.2 Å². The molecule has 2 fully saturated rings. The van der Waals surface area contributed by atoms with E-state index in [0.29, 0.717) is 25.3 Å². The molecule has 0 unspecified atom stereocenters. The van der Waals surface area contributed by atoms with Gasteiger partial charge in [-0.2, -0.15) is 5.10 Å². The number of hydrogen-bond acceptors (Lipinski definition) is 5. The quantitative estimate of drug-likeness (QED) is 0.792. The van der Waals surface area contributed by atoms with E-state index in [1.165, 1.54) is 15.6 Å². The molecular weight excluding hydrogens is 364 g/mol. The third-order valence-corrected chi connectivity index (χ3v) is 5.60. The summed E-state index contributed by atoms with van der Waals surface area (Å²) in [7, 11) is 0. The van der Waals surface area contributed by atoms with Gasteiger partial charge < -0.3 is 20.5 Å². The number of amides is 2. The number of hydrogen-bond donors (Lipinski definition) is 2. The molecular formula is C19H20N4O5. The number of fused-ring (bicyclic) bond motifs is 1. The summed E-state index contributed by atoms with van der Waals surface area (Å²) in [4.78, 5) is 38.3. The SMILES string of the molecule is NC(=O)c1cc(C(=O)N2C[C@H]3COCC[C@@]3(C(=O)O)C2)nn1-c1ccccc1. The number of carboxylic acids is 1. The van der Waals surface area contributed by atoms with Crippen molar-refractivity contribution in [1.82, 2.24) is 14.7 Å². The Morgan fingerprint density at radius 1 is 1.25 bits per heavy atom. The van der Waals surface area contributed by atoms with Crippen LogP contribution in [0.3, 0.4) is 0 Å². The van der Waals surface area contributed by atoms with Crippen molar-refractivity contribution >= 4 is 17.8 Å². The molecule has 0 spiro atoms. The molecule has 9 heteroatoms. The highest BCUT2D eigenvalue weighted by atomic mass is 16.5. The Bertz CT molecular complexity index is 941. The zero-order valence-electron chi connectivity index (χ0n) is 15.1. The number of aliphatic carboxylic acids is 1. The molecule has 146 valence electrons. The molecule has 2 saturated heterocycles. The van der Waals surface area contributed by atoms with Crippen molar-refractivity contribution in [3.05, 3.63) is 47.8 Å². The van der Waals surface area contributed by atoms with Gasteiger partial charge in [0.25, 0.3) is 11.8 Å². The first-order chi connectivity index (χ1) is 13.4. The van der Waals surface area contributed by atoms with E-state index >= 15 is 0 Å². The Balaban J connectivity index is 1.66. The molecule has 0 bridgehead atoms. The van der Waals surface area contributed by atoms with E-state index in [1.54, 1.807) is 24.3 Å². The number of nitrogens with two attached hydrogens (primary N) is 1. The van der Waals surface area contributed by atoms with Crippen LogP contribution in [0.1, 0.15) is 27.4 Å². The number of carboxylic acid groups (broad SMARTS) is 1. The molecule has 2 aliphatic heterocycles. The van der Waals surface area contributed by atoms with E-state index in [2.05, 4.69) is 5.10 Å². The van der Waals surface area contributed by atoms with Crippen molar-refractivity contribution in [1.29, 1.82) is 0 Å². The molecule has 1 aromatic heterocycles. The Morgan fingerprint density at radius 2 is 2.00 bits per heavy atom. The summed E-state index contributed by atoms with van der Waals surface area (Å²) in [6.07, 6.45) is 0.363. The van der Waals surface area contributed by atoms with Gasteiger partial charge in [0.1, 0.15) is 5.69 Å². The number of aromatic nitrogens is 2. The lowest BCUT2D eigenvalue weighted by Crippen LogP contribution is -2.45. The lowest BCUT2D eigenvalue weighted by Gasteiger charge is -2.33. The number of nitrogens with zero attached hydrogens (tertiary/aromatic N) is 3. The zero-order chi connectivity index (χ0) is 19.9. The molecule has 2 aliphatic rings. The maximum absolute atomic E-state index is 13.0. The first-order valence-electron chi connectivity index (χ1n) is 8.98. The second kappa shape index (κ2) is 6.75. The summed E-state index contributed by atoms with van der Waals surface area (Å²) in [5.74, 6) is -2.31. The molecule has 2 atom stereocenters. The molecule has 3 heterocycles. The first-order valence-corrected chi connectivity index (χ1v) is 8.98. The molecule has 28 heavy (non-hydrogen) atoms. The second-order valence-electron chi connectivity index (χ2n) is 7.20. The van der Waals surface area contributed by atoms with Crippen LogP contribution < -0.4 is 5.73 Å². The number of primary amides is 1. The third-order valence-electron chi connectivity index (χ3n) is 5.60. The van der Waals surface area contributed by atoms with Gasteiger partial charge >= 0.3 is 5.97 Å². The van der Waals surface area contributed by atoms with E-state index in [1.807, 2.05) is 6.07 Å². The standard InChI is InChI=1S/C19H20N4O5/c20-16(24)15-8-14(21-23(15)13-4-2-1-3-5-13)17(25)22-9-12-10-28-7-6-19(12,11-22)18(26)27/h1-5,8,12H,6-7,9-11H2,(H2,20,24)(H,26,27)/t12-,19+/m0/s1. The van der Waals surface area contributed by atoms with E-state index in [9.17, 15) is 19.5 Å². The predicted octanol–water partition coefficient (Wildman–Crippen LogP) is 0.535. The minimum Gasteiger partial charge on any atom is -0.481 e. The van der Waals surface area contributed by atoms with Gasteiger partial charge in [-0.25, -0.2) is 4.68 Å². The van der Waals surface area contributed by atoms with Crippen molar-refractivity contribution in [2.24, 2.45) is 17.1 Å². The average Bonchev–Trinajstić information content (AvgIpc) is 3.31. The molecule has 1 aromatic carbocycles. The van der Waals surface area contributed by atoms with Crippen LogP contribution in [0.25, 0.3) is 5.69 Å². The normalized spacial score (nSPS) is 24.0. The number of carbonyl (C=O) groups excluding carboxylic acids is 2. The maximum atomic E-state index is 13.0. The van der Waals surface area contributed by atoms with Gasteiger partial charge in [-0.1, -0.05) is 18.2 Å². The van der Waals surface area contributed by atoms with E-state index in [0.717, 1.165) is 0 Å². The summed E-state index contributed by atoms with van der Waals surface area (Å²) in [5.41, 5.74) is 5.20. The molecule has 9 nitrogen and oxygen atoms in total. The molecule has 4 rings (SSSR count). The molecule has 0 saturated carbocycles. The van der Waals surface area contributed by atoms with E-state index in [-0.39, 0.29) is 30.4 Å². The Kier molecular flexibility index (Phi) is 4.38. The summed E-state index contributed by atoms with van der Waals surface area (Å²) in [6, 6.07) is 10.2. The lowest BCUT2D eigenvalue weighted by atomic mass is 9.74. The smallest absolute Gasteiger partial charge is 0.311 e. The van der Waals surface area contributed by atoms with Crippen molar-refractivity contribution in [2.45, 2.75) is 6.42 Å². The summed E-state index contributed by atoms with van der Waals surface area (Å²) < 4.78 is 6.75. The predicted molar refractivity (Wildman–Crippen MR) is 97.0 cm³/mol. The van der Waals surface area contributed by atoms with Gasteiger partial charge in [-0.3, -0.25) is 14.4 Å². The molecule has 0 aliphatic carbocycles. The highest BCUT2D eigenvalue weighted by molar-refractivity contribution is 5.98. The van der Waals surface area contributed by atoms with Crippen LogP contribution in [0.5, 0.6) is 0 Å². The number of likely N-dealkylation sites (tertiary alicyclic amines) is 1. The van der Waals surface area contributed by atoms with E-state index in [4.69, 9.17) is 10.5 Å². The van der Waals surface area contributed by atoms with Crippen LogP contribution in [0.15, 0.2) is 36.4 Å². The van der Waals surface area contributed by atoms with Crippen molar-refractivity contribution < 1.29 is 24.2 Å². The van der Waals surface area contributed by atoms with Gasteiger partial charge in [0, 0.05) is 31.7 Å². The number of para-hydroxylation sites is 1.